The van der Waals surface area contributed by atoms with Gasteiger partial charge >= 0.3 is 6.09 Å². The van der Waals surface area contributed by atoms with Crippen LogP contribution >= 0.6 is 0 Å². The third-order valence-corrected chi connectivity index (χ3v) is 4.78. The minimum atomic E-state index is -0.496. The number of ether oxygens (including phenoxy) is 1. The molecule has 0 radical (unpaired) electrons. The van der Waals surface area contributed by atoms with Crippen molar-refractivity contribution in [3.63, 3.8) is 0 Å². The fourth-order valence-electron chi connectivity index (χ4n) is 3.42. The number of amides is 2. The fourth-order valence-corrected chi connectivity index (χ4v) is 3.42. The van der Waals surface area contributed by atoms with Crippen molar-refractivity contribution in [3.8, 4) is 11.1 Å². The van der Waals surface area contributed by atoms with E-state index in [1.807, 2.05) is 45.9 Å². The first-order valence-corrected chi connectivity index (χ1v) is 9.15. The Hall–Kier alpha value is -2.82. The predicted molar refractivity (Wildman–Crippen MR) is 105 cm³/mol. The second-order valence-corrected chi connectivity index (χ2v) is 7.98. The molecule has 2 aromatic rings. The molecular weight excluding hydrogens is 340 g/mol. The van der Waals surface area contributed by atoms with Crippen molar-refractivity contribution in [2.75, 3.05) is 6.54 Å². The van der Waals surface area contributed by atoms with Crippen LogP contribution in [0.15, 0.2) is 36.4 Å². The highest BCUT2D eigenvalue weighted by molar-refractivity contribution is 5.96. The summed E-state index contributed by atoms with van der Waals surface area (Å²) in [6.07, 6.45) is 0.499. The van der Waals surface area contributed by atoms with Crippen LogP contribution in [0.2, 0.25) is 0 Å². The van der Waals surface area contributed by atoms with E-state index in [4.69, 9.17) is 10.5 Å². The first-order valence-electron chi connectivity index (χ1n) is 9.15. The predicted octanol–water partition coefficient (Wildman–Crippen LogP) is 4.05. The molecule has 1 heterocycles. The number of carbonyl (C=O) groups excluding carboxylic acids is 2. The lowest BCUT2D eigenvalue weighted by Crippen LogP contribution is -2.39. The Labute approximate surface area is 160 Å². The van der Waals surface area contributed by atoms with Gasteiger partial charge in [-0.2, -0.15) is 0 Å². The fraction of sp³-hybridized carbons (Fsp3) is 0.364. The lowest BCUT2D eigenvalue weighted by molar-refractivity contribution is 0.0224. The van der Waals surface area contributed by atoms with Gasteiger partial charge in [-0.05, 0) is 68.0 Å². The lowest BCUT2D eigenvalue weighted by atomic mass is 9.91. The zero-order chi connectivity index (χ0) is 19.8. The number of hydrogen-bond donors (Lipinski definition) is 1. The highest BCUT2D eigenvalue weighted by Gasteiger charge is 2.26. The largest absolute Gasteiger partial charge is 0.444 e. The first-order chi connectivity index (χ1) is 12.7. The zero-order valence-electron chi connectivity index (χ0n) is 16.3. The van der Waals surface area contributed by atoms with Gasteiger partial charge in [-0.3, -0.25) is 4.79 Å². The van der Waals surface area contributed by atoms with Crippen molar-refractivity contribution in [2.24, 2.45) is 5.73 Å². The molecule has 1 aliphatic heterocycles. The number of nitrogens with zero attached hydrogens (tertiary/aromatic N) is 1. The summed E-state index contributed by atoms with van der Waals surface area (Å²) in [5.41, 5.74) is 10.8. The van der Waals surface area contributed by atoms with Gasteiger partial charge in [-0.15, -0.1) is 0 Å². The Morgan fingerprint density at radius 2 is 1.85 bits per heavy atom. The van der Waals surface area contributed by atoms with E-state index in [1.54, 1.807) is 11.0 Å². The summed E-state index contributed by atoms with van der Waals surface area (Å²) in [7, 11) is 0. The van der Waals surface area contributed by atoms with Crippen LogP contribution in [0.3, 0.4) is 0 Å². The summed E-state index contributed by atoms with van der Waals surface area (Å²) in [5, 5.41) is 0. The Morgan fingerprint density at radius 1 is 1.11 bits per heavy atom. The maximum absolute atomic E-state index is 12.3. The van der Waals surface area contributed by atoms with Gasteiger partial charge in [0.15, 0.2) is 0 Å². The number of hydrogen-bond acceptors (Lipinski definition) is 3. The van der Waals surface area contributed by atoms with Crippen molar-refractivity contribution in [2.45, 2.75) is 46.3 Å². The normalized spacial score (nSPS) is 13.9. The molecule has 2 aromatic carbocycles. The molecule has 2 amide bonds. The molecule has 27 heavy (non-hydrogen) atoms. The molecule has 0 saturated heterocycles. The zero-order valence-corrected chi connectivity index (χ0v) is 16.3. The van der Waals surface area contributed by atoms with Crippen molar-refractivity contribution in [1.82, 2.24) is 4.90 Å². The van der Waals surface area contributed by atoms with Gasteiger partial charge in [-0.1, -0.05) is 30.3 Å². The number of fused-ring (bicyclic) bond motifs is 1. The first kappa shape index (κ1) is 19.0. The van der Waals surface area contributed by atoms with E-state index in [0.717, 1.165) is 28.7 Å². The third-order valence-electron chi connectivity index (χ3n) is 4.78. The highest BCUT2D eigenvalue weighted by atomic mass is 16.6. The van der Waals surface area contributed by atoms with Crippen LogP contribution in [0.5, 0.6) is 0 Å². The second kappa shape index (κ2) is 7.06. The van der Waals surface area contributed by atoms with Gasteiger partial charge < -0.3 is 15.4 Å². The van der Waals surface area contributed by atoms with Gasteiger partial charge in [0.05, 0.1) is 0 Å². The molecule has 0 spiro atoms. The van der Waals surface area contributed by atoms with Crippen molar-refractivity contribution in [3.05, 3.63) is 58.7 Å². The van der Waals surface area contributed by atoms with E-state index in [2.05, 4.69) is 12.1 Å². The third kappa shape index (κ3) is 4.13. The Kier molecular flexibility index (Phi) is 4.96. The van der Waals surface area contributed by atoms with Crippen LogP contribution in [-0.2, 0) is 17.7 Å². The molecule has 5 nitrogen and oxygen atoms in total. The maximum Gasteiger partial charge on any atom is 0.410 e. The molecular formula is C22H26N2O3. The maximum atomic E-state index is 12.3. The van der Waals surface area contributed by atoms with Gasteiger partial charge in [0.2, 0.25) is 5.91 Å². The monoisotopic (exact) mass is 366 g/mol. The number of rotatable bonds is 2. The van der Waals surface area contributed by atoms with Gasteiger partial charge in [-0.25, -0.2) is 4.79 Å². The molecule has 5 heteroatoms. The van der Waals surface area contributed by atoms with Crippen molar-refractivity contribution < 1.29 is 14.3 Å². The Balaban J connectivity index is 1.85. The standard InChI is InChI=1S/C22H26N2O3/c1-14-18(6-5-7-19(14)20(23)25)16-8-9-17-13-24(11-10-15(17)12-16)21(26)27-22(2,3)4/h5-9,12H,10-11,13H2,1-4H3,(H2,23,25). The molecule has 0 atom stereocenters. The molecule has 2 N–H and O–H groups in total. The Morgan fingerprint density at radius 3 is 2.52 bits per heavy atom. The number of benzene rings is 2. The number of nitrogens with two attached hydrogens (primary N) is 1. The van der Waals surface area contributed by atoms with Crippen LogP contribution in [0.1, 0.15) is 47.8 Å². The Bertz CT molecular complexity index is 897. The van der Waals surface area contributed by atoms with Gasteiger partial charge in [0, 0.05) is 18.7 Å². The molecule has 0 fully saturated rings. The summed E-state index contributed by atoms with van der Waals surface area (Å²) in [5.74, 6) is -0.416. The van der Waals surface area contributed by atoms with Gasteiger partial charge in [0.25, 0.3) is 0 Å². The summed E-state index contributed by atoms with van der Waals surface area (Å²) in [4.78, 5) is 25.7. The lowest BCUT2D eigenvalue weighted by Gasteiger charge is -2.31. The van der Waals surface area contributed by atoms with Crippen LogP contribution in [-0.4, -0.2) is 29.0 Å². The van der Waals surface area contributed by atoms with Gasteiger partial charge in [0.1, 0.15) is 5.60 Å². The highest BCUT2D eigenvalue weighted by Crippen LogP contribution is 2.30. The number of primary amides is 1. The minimum Gasteiger partial charge on any atom is -0.444 e. The molecule has 0 unspecified atom stereocenters. The van der Waals surface area contributed by atoms with Crippen LogP contribution < -0.4 is 5.73 Å². The molecule has 1 aliphatic rings. The molecule has 0 aliphatic carbocycles. The van der Waals surface area contributed by atoms with E-state index in [9.17, 15) is 9.59 Å². The summed E-state index contributed by atoms with van der Waals surface area (Å²) in [6.45, 7) is 8.71. The molecule has 0 bridgehead atoms. The topological polar surface area (TPSA) is 72.6 Å². The SMILES string of the molecule is Cc1c(C(N)=O)cccc1-c1ccc2c(c1)CCN(C(=O)OC(C)(C)C)C2. The van der Waals surface area contributed by atoms with Crippen LogP contribution in [0.25, 0.3) is 11.1 Å². The minimum absolute atomic E-state index is 0.276. The van der Waals surface area contributed by atoms with Crippen molar-refractivity contribution in [1.29, 1.82) is 0 Å². The van der Waals surface area contributed by atoms with E-state index < -0.39 is 11.5 Å². The summed E-state index contributed by atoms with van der Waals surface area (Å²) >= 11 is 0. The molecule has 0 saturated carbocycles. The molecule has 142 valence electrons. The average Bonchev–Trinajstić information content (AvgIpc) is 2.59. The average molecular weight is 366 g/mol. The van der Waals surface area contributed by atoms with E-state index in [1.165, 1.54) is 5.56 Å². The second-order valence-electron chi connectivity index (χ2n) is 7.98. The van der Waals surface area contributed by atoms with Crippen LogP contribution in [0.4, 0.5) is 4.79 Å². The van der Waals surface area contributed by atoms with Crippen LogP contribution in [0, 0.1) is 6.92 Å². The summed E-state index contributed by atoms with van der Waals surface area (Å²) < 4.78 is 5.48. The van der Waals surface area contributed by atoms with E-state index in [-0.39, 0.29) is 6.09 Å². The van der Waals surface area contributed by atoms with E-state index >= 15 is 0 Å². The smallest absolute Gasteiger partial charge is 0.410 e. The number of carbonyl (C=O) groups is 2. The molecule has 3 rings (SSSR count). The molecule has 0 aromatic heterocycles. The van der Waals surface area contributed by atoms with Crippen molar-refractivity contribution >= 4 is 12.0 Å². The quantitative estimate of drug-likeness (QED) is 0.871. The summed E-state index contributed by atoms with van der Waals surface area (Å²) in [6, 6.07) is 11.8. The van der Waals surface area contributed by atoms with E-state index in [0.29, 0.717) is 18.7 Å².